The Bertz CT molecular complexity index is 428. The van der Waals surface area contributed by atoms with Gasteiger partial charge in [0.2, 0.25) is 5.91 Å². The minimum absolute atomic E-state index is 0.142. The fraction of sp³-hybridized carbons (Fsp3) is 0.333. The minimum atomic E-state index is -0.468. The van der Waals surface area contributed by atoms with Crippen LogP contribution in [-0.2, 0) is 14.3 Å². The lowest BCUT2D eigenvalue weighted by Crippen LogP contribution is -2.28. The number of fused-ring (bicyclic) bond motifs is 1. The molecule has 16 heavy (non-hydrogen) atoms. The van der Waals surface area contributed by atoms with Gasteiger partial charge < -0.3 is 10.1 Å². The third kappa shape index (κ3) is 1.91. The number of anilines is 1. The van der Waals surface area contributed by atoms with Crippen molar-refractivity contribution in [2.75, 3.05) is 11.9 Å². The van der Waals surface area contributed by atoms with Crippen LogP contribution >= 0.6 is 0 Å². The summed E-state index contributed by atoms with van der Waals surface area (Å²) in [5.74, 6) is -0.938. The Kier molecular flexibility index (Phi) is 2.90. The smallest absolute Gasteiger partial charge is 0.314 e. The summed E-state index contributed by atoms with van der Waals surface area (Å²) >= 11 is 0. The molecule has 0 spiro atoms. The van der Waals surface area contributed by atoms with E-state index in [9.17, 15) is 9.59 Å². The summed E-state index contributed by atoms with van der Waals surface area (Å²) in [6.07, 6.45) is 0.163. The first-order valence-corrected chi connectivity index (χ1v) is 5.27. The number of para-hydroxylation sites is 1. The first kappa shape index (κ1) is 10.7. The molecule has 0 radical (unpaired) electrons. The number of hydrogen-bond acceptors (Lipinski definition) is 3. The van der Waals surface area contributed by atoms with E-state index in [4.69, 9.17) is 4.74 Å². The van der Waals surface area contributed by atoms with Crippen molar-refractivity contribution in [3.05, 3.63) is 29.8 Å². The molecular weight excluding hydrogens is 206 g/mol. The summed E-state index contributed by atoms with van der Waals surface area (Å²) in [6, 6.07) is 7.31. The number of hydrogen-bond donors (Lipinski definition) is 1. The third-order valence-electron chi connectivity index (χ3n) is 2.57. The van der Waals surface area contributed by atoms with Crippen molar-refractivity contribution in [3.8, 4) is 0 Å². The highest BCUT2D eigenvalue weighted by Crippen LogP contribution is 2.32. The van der Waals surface area contributed by atoms with E-state index in [0.717, 1.165) is 5.56 Å². The molecule has 0 aromatic heterocycles. The molecule has 0 aliphatic carbocycles. The normalized spacial score (nSPS) is 18.6. The van der Waals surface area contributed by atoms with Gasteiger partial charge in [-0.2, -0.15) is 0 Å². The van der Waals surface area contributed by atoms with E-state index < -0.39 is 5.92 Å². The van der Waals surface area contributed by atoms with E-state index in [1.165, 1.54) is 0 Å². The number of nitrogens with one attached hydrogen (secondary N) is 1. The molecule has 1 atom stereocenters. The molecule has 1 amide bonds. The molecule has 0 unspecified atom stereocenters. The SMILES string of the molecule is CCOC(=O)[C@@H]1CC(=O)Nc2ccccc21. The van der Waals surface area contributed by atoms with Gasteiger partial charge in [0.15, 0.2) is 0 Å². The quantitative estimate of drug-likeness (QED) is 0.770. The van der Waals surface area contributed by atoms with Gasteiger partial charge in [-0.05, 0) is 18.6 Å². The van der Waals surface area contributed by atoms with Crippen molar-refractivity contribution in [2.45, 2.75) is 19.3 Å². The average Bonchev–Trinajstić information content (AvgIpc) is 2.28. The molecule has 1 aliphatic heterocycles. The molecule has 2 rings (SSSR count). The van der Waals surface area contributed by atoms with Crippen molar-refractivity contribution in [1.82, 2.24) is 0 Å². The van der Waals surface area contributed by atoms with Crippen molar-refractivity contribution in [1.29, 1.82) is 0 Å². The fourth-order valence-electron chi connectivity index (χ4n) is 1.86. The summed E-state index contributed by atoms with van der Waals surface area (Å²) in [7, 11) is 0. The Morgan fingerprint density at radius 2 is 2.25 bits per heavy atom. The van der Waals surface area contributed by atoms with Crippen LogP contribution in [0.25, 0.3) is 0 Å². The number of amides is 1. The monoisotopic (exact) mass is 219 g/mol. The maximum Gasteiger partial charge on any atom is 0.314 e. The van der Waals surface area contributed by atoms with Crippen LogP contribution in [0.4, 0.5) is 5.69 Å². The molecule has 0 saturated heterocycles. The van der Waals surface area contributed by atoms with Crippen molar-refractivity contribution in [2.24, 2.45) is 0 Å². The molecule has 4 heteroatoms. The molecule has 1 N–H and O–H groups in total. The number of ether oxygens (including phenoxy) is 1. The average molecular weight is 219 g/mol. The van der Waals surface area contributed by atoms with Gasteiger partial charge >= 0.3 is 5.97 Å². The number of carbonyl (C=O) groups excluding carboxylic acids is 2. The Morgan fingerprint density at radius 3 is 3.00 bits per heavy atom. The molecular formula is C12H13NO3. The Morgan fingerprint density at radius 1 is 1.50 bits per heavy atom. The van der Waals surface area contributed by atoms with Crippen LogP contribution in [0.1, 0.15) is 24.8 Å². The van der Waals surface area contributed by atoms with Gasteiger partial charge in [-0.3, -0.25) is 9.59 Å². The fourth-order valence-corrected chi connectivity index (χ4v) is 1.86. The second kappa shape index (κ2) is 4.35. The summed E-state index contributed by atoms with van der Waals surface area (Å²) in [6.45, 7) is 2.09. The van der Waals surface area contributed by atoms with Gasteiger partial charge in [0.25, 0.3) is 0 Å². The highest BCUT2D eigenvalue weighted by molar-refractivity contribution is 5.99. The highest BCUT2D eigenvalue weighted by Gasteiger charge is 2.31. The van der Waals surface area contributed by atoms with Crippen molar-refractivity contribution >= 4 is 17.6 Å². The third-order valence-corrected chi connectivity index (χ3v) is 2.57. The van der Waals surface area contributed by atoms with Gasteiger partial charge in [0.05, 0.1) is 12.5 Å². The molecule has 1 aromatic carbocycles. The zero-order valence-electron chi connectivity index (χ0n) is 9.03. The zero-order valence-corrected chi connectivity index (χ0v) is 9.03. The number of carbonyl (C=O) groups is 2. The highest BCUT2D eigenvalue weighted by atomic mass is 16.5. The van der Waals surface area contributed by atoms with Gasteiger partial charge in [-0.15, -0.1) is 0 Å². The molecule has 0 bridgehead atoms. The molecule has 0 saturated carbocycles. The van der Waals surface area contributed by atoms with Crippen LogP contribution < -0.4 is 5.32 Å². The van der Waals surface area contributed by atoms with E-state index >= 15 is 0 Å². The van der Waals surface area contributed by atoms with Crippen LogP contribution in [0.5, 0.6) is 0 Å². The summed E-state index contributed by atoms with van der Waals surface area (Å²) in [4.78, 5) is 23.1. The molecule has 1 heterocycles. The van der Waals surface area contributed by atoms with E-state index in [-0.39, 0.29) is 18.3 Å². The second-order valence-corrected chi connectivity index (χ2v) is 3.64. The van der Waals surface area contributed by atoms with Crippen LogP contribution in [0.3, 0.4) is 0 Å². The molecule has 1 aromatic rings. The number of rotatable bonds is 2. The molecule has 4 nitrogen and oxygen atoms in total. The van der Waals surface area contributed by atoms with Gasteiger partial charge in [-0.1, -0.05) is 18.2 Å². The molecule has 1 aliphatic rings. The number of benzene rings is 1. The standard InChI is InChI=1S/C12H13NO3/c1-2-16-12(15)9-7-11(14)13-10-6-4-3-5-8(9)10/h3-6,9H,2,7H2,1H3,(H,13,14)/t9-/m1/s1. The van der Waals surface area contributed by atoms with Crippen molar-refractivity contribution in [3.63, 3.8) is 0 Å². The maximum atomic E-state index is 11.7. The summed E-state index contributed by atoms with van der Waals surface area (Å²) in [5, 5.41) is 2.74. The van der Waals surface area contributed by atoms with E-state index in [1.807, 2.05) is 18.2 Å². The van der Waals surface area contributed by atoms with Crippen LogP contribution in [0.2, 0.25) is 0 Å². The Labute approximate surface area is 93.6 Å². The van der Waals surface area contributed by atoms with E-state index in [0.29, 0.717) is 12.3 Å². The predicted molar refractivity (Wildman–Crippen MR) is 59.1 cm³/mol. The van der Waals surface area contributed by atoms with Gasteiger partial charge in [-0.25, -0.2) is 0 Å². The second-order valence-electron chi connectivity index (χ2n) is 3.64. The Balaban J connectivity index is 2.33. The minimum Gasteiger partial charge on any atom is -0.466 e. The topological polar surface area (TPSA) is 55.4 Å². The molecule has 84 valence electrons. The molecule has 0 fully saturated rings. The van der Waals surface area contributed by atoms with Gasteiger partial charge in [0, 0.05) is 12.1 Å². The first-order chi connectivity index (χ1) is 7.72. The predicted octanol–water partition coefficient (Wildman–Crippen LogP) is 1.68. The van der Waals surface area contributed by atoms with Crippen molar-refractivity contribution < 1.29 is 14.3 Å². The van der Waals surface area contributed by atoms with Crippen LogP contribution in [-0.4, -0.2) is 18.5 Å². The lowest BCUT2D eigenvalue weighted by Gasteiger charge is -2.23. The maximum absolute atomic E-state index is 11.7. The first-order valence-electron chi connectivity index (χ1n) is 5.27. The summed E-state index contributed by atoms with van der Waals surface area (Å²) < 4.78 is 4.97. The van der Waals surface area contributed by atoms with Crippen LogP contribution in [0.15, 0.2) is 24.3 Å². The van der Waals surface area contributed by atoms with E-state index in [1.54, 1.807) is 13.0 Å². The Hall–Kier alpha value is -1.84. The lowest BCUT2D eigenvalue weighted by molar-refractivity contribution is -0.146. The van der Waals surface area contributed by atoms with E-state index in [2.05, 4.69) is 5.32 Å². The van der Waals surface area contributed by atoms with Gasteiger partial charge in [0.1, 0.15) is 0 Å². The zero-order chi connectivity index (χ0) is 11.5. The van der Waals surface area contributed by atoms with Crippen LogP contribution in [0, 0.1) is 0 Å². The summed E-state index contributed by atoms with van der Waals surface area (Å²) in [5.41, 5.74) is 1.54. The number of esters is 1. The largest absolute Gasteiger partial charge is 0.466 e. The lowest BCUT2D eigenvalue weighted by atomic mass is 9.91.